The number of fused-ring (bicyclic) bond motifs is 1. The van der Waals surface area contributed by atoms with E-state index in [2.05, 4.69) is 10.00 Å². The van der Waals surface area contributed by atoms with Crippen LogP contribution in [0, 0.1) is 6.92 Å². The number of aromatic nitrogens is 3. The van der Waals surface area contributed by atoms with Gasteiger partial charge in [-0.05, 0) is 44.5 Å². The molecule has 0 bridgehead atoms. The molecular weight excluding hydrogens is 422 g/mol. The number of anilines is 1. The van der Waals surface area contributed by atoms with Crippen LogP contribution in [0.15, 0.2) is 24.4 Å². The van der Waals surface area contributed by atoms with Crippen LogP contribution in [0.5, 0.6) is 0 Å². The first kappa shape index (κ1) is 21.2. The van der Waals surface area contributed by atoms with Crippen molar-refractivity contribution in [2.45, 2.75) is 26.8 Å². The zero-order valence-electron chi connectivity index (χ0n) is 17.5. The highest BCUT2D eigenvalue weighted by Gasteiger charge is 2.26. The molecule has 4 rings (SSSR count). The molecule has 9 heteroatoms. The van der Waals surface area contributed by atoms with Gasteiger partial charge in [0.25, 0.3) is 5.91 Å². The molecule has 3 aromatic rings. The summed E-state index contributed by atoms with van der Waals surface area (Å²) in [6.45, 7) is 10.5. The number of carbonyl (C=O) groups is 1. The maximum atomic E-state index is 13.6. The zero-order valence-corrected chi connectivity index (χ0v) is 19.0. The first-order valence-corrected chi connectivity index (χ1v) is 11.4. The third kappa shape index (κ3) is 4.23. The van der Waals surface area contributed by atoms with E-state index in [1.807, 2.05) is 32.9 Å². The fourth-order valence-corrected chi connectivity index (χ4v) is 4.79. The van der Waals surface area contributed by atoms with E-state index in [1.165, 1.54) is 11.3 Å². The van der Waals surface area contributed by atoms with Crippen LogP contribution >= 0.6 is 22.9 Å². The number of ether oxygens (including phenoxy) is 1. The Morgan fingerprint density at radius 3 is 2.80 bits per heavy atom. The normalized spacial score (nSPS) is 15.2. The number of thiazole rings is 1. The number of aryl methyl sites for hydroxylation is 1. The van der Waals surface area contributed by atoms with Crippen molar-refractivity contribution in [2.24, 2.45) is 0 Å². The van der Waals surface area contributed by atoms with E-state index < -0.39 is 0 Å². The Morgan fingerprint density at radius 1 is 1.30 bits per heavy atom. The fraction of sp³-hybridized carbons (Fsp3) is 0.476. The summed E-state index contributed by atoms with van der Waals surface area (Å²) in [4.78, 5) is 22.5. The van der Waals surface area contributed by atoms with Crippen molar-refractivity contribution in [1.29, 1.82) is 0 Å². The number of hydrogen-bond donors (Lipinski definition) is 0. The number of carbonyl (C=O) groups excluding carboxylic acids is 1. The van der Waals surface area contributed by atoms with E-state index in [1.54, 1.807) is 21.8 Å². The third-order valence-corrected chi connectivity index (χ3v) is 6.79. The molecule has 0 N–H and O–H groups in total. The lowest BCUT2D eigenvalue weighted by Gasteiger charge is -2.29. The molecule has 1 aromatic carbocycles. The standard InChI is InChI=1S/C21H26ClN5O2S/c1-14(2)27-17(6-7-23-27)20(28)26(9-8-25-10-12-29-13-11-25)21-24-19-15(3)16(22)4-5-18(19)30-21/h4-7,14H,8-13H2,1-3H3. The highest BCUT2D eigenvalue weighted by molar-refractivity contribution is 7.22. The van der Waals surface area contributed by atoms with Gasteiger partial charge in [-0.25, -0.2) is 4.98 Å². The Hall–Kier alpha value is -2.00. The molecule has 0 radical (unpaired) electrons. The van der Waals surface area contributed by atoms with Crippen LogP contribution in [0.2, 0.25) is 5.02 Å². The Kier molecular flexibility index (Phi) is 6.38. The Balaban J connectivity index is 1.68. The molecule has 160 valence electrons. The maximum absolute atomic E-state index is 13.6. The van der Waals surface area contributed by atoms with Crippen LogP contribution in [0.25, 0.3) is 10.2 Å². The van der Waals surface area contributed by atoms with E-state index in [0.29, 0.717) is 22.4 Å². The second kappa shape index (κ2) is 9.01. The average Bonchev–Trinajstić information content (AvgIpc) is 3.39. The van der Waals surface area contributed by atoms with E-state index in [9.17, 15) is 4.79 Å². The lowest BCUT2D eigenvalue weighted by atomic mass is 10.2. The number of rotatable bonds is 6. The van der Waals surface area contributed by atoms with Crippen molar-refractivity contribution in [3.8, 4) is 0 Å². The van der Waals surface area contributed by atoms with Gasteiger partial charge < -0.3 is 4.74 Å². The molecule has 0 saturated carbocycles. The number of halogens is 1. The molecule has 7 nitrogen and oxygen atoms in total. The first-order chi connectivity index (χ1) is 14.5. The van der Waals surface area contributed by atoms with Crippen molar-refractivity contribution in [1.82, 2.24) is 19.7 Å². The summed E-state index contributed by atoms with van der Waals surface area (Å²) in [6, 6.07) is 5.72. The van der Waals surface area contributed by atoms with Crippen LogP contribution in [0.3, 0.4) is 0 Å². The average molecular weight is 448 g/mol. The smallest absolute Gasteiger partial charge is 0.278 e. The Labute approximate surface area is 185 Å². The van der Waals surface area contributed by atoms with Crippen LogP contribution in [0.4, 0.5) is 5.13 Å². The molecule has 0 spiro atoms. The van der Waals surface area contributed by atoms with E-state index >= 15 is 0 Å². The third-order valence-electron chi connectivity index (χ3n) is 5.33. The fourth-order valence-electron chi connectivity index (χ4n) is 3.59. The second-order valence-corrected chi connectivity index (χ2v) is 9.10. The predicted molar refractivity (Wildman–Crippen MR) is 121 cm³/mol. The zero-order chi connectivity index (χ0) is 21.3. The van der Waals surface area contributed by atoms with Gasteiger partial charge >= 0.3 is 0 Å². The Morgan fingerprint density at radius 2 is 2.07 bits per heavy atom. The molecule has 0 unspecified atom stereocenters. The summed E-state index contributed by atoms with van der Waals surface area (Å²) in [5, 5.41) is 5.71. The molecule has 0 atom stereocenters. The predicted octanol–water partition coefficient (Wildman–Crippen LogP) is 4.01. The lowest BCUT2D eigenvalue weighted by Crippen LogP contribution is -2.43. The largest absolute Gasteiger partial charge is 0.379 e. The summed E-state index contributed by atoms with van der Waals surface area (Å²) in [7, 11) is 0. The van der Waals surface area contributed by atoms with Crippen LogP contribution in [-0.2, 0) is 4.74 Å². The van der Waals surface area contributed by atoms with Crippen molar-refractivity contribution in [3.63, 3.8) is 0 Å². The maximum Gasteiger partial charge on any atom is 0.278 e. The molecular formula is C21H26ClN5O2S. The lowest BCUT2D eigenvalue weighted by molar-refractivity contribution is 0.0391. The molecule has 3 heterocycles. The molecule has 1 amide bonds. The van der Waals surface area contributed by atoms with Gasteiger partial charge in [0.05, 0.1) is 23.4 Å². The van der Waals surface area contributed by atoms with Gasteiger partial charge in [-0.15, -0.1) is 0 Å². The number of benzene rings is 1. The molecule has 1 aliphatic heterocycles. The topological polar surface area (TPSA) is 63.5 Å². The van der Waals surface area contributed by atoms with Gasteiger partial charge in [0, 0.05) is 43.4 Å². The SMILES string of the molecule is Cc1c(Cl)ccc2sc(N(CCN3CCOCC3)C(=O)c3ccnn3C(C)C)nc12. The molecule has 2 aromatic heterocycles. The minimum atomic E-state index is -0.0859. The highest BCUT2D eigenvalue weighted by Crippen LogP contribution is 2.34. The number of nitrogens with zero attached hydrogens (tertiary/aromatic N) is 5. The monoisotopic (exact) mass is 447 g/mol. The van der Waals surface area contributed by atoms with Crippen LogP contribution in [0.1, 0.15) is 35.9 Å². The molecule has 1 fully saturated rings. The highest BCUT2D eigenvalue weighted by atomic mass is 35.5. The van der Waals surface area contributed by atoms with Gasteiger partial charge in [0.2, 0.25) is 0 Å². The molecule has 30 heavy (non-hydrogen) atoms. The molecule has 0 aliphatic carbocycles. The molecule has 1 aliphatic rings. The van der Waals surface area contributed by atoms with Crippen LogP contribution in [-0.4, -0.2) is 65.0 Å². The van der Waals surface area contributed by atoms with E-state index in [-0.39, 0.29) is 11.9 Å². The number of amides is 1. The van der Waals surface area contributed by atoms with Crippen molar-refractivity contribution >= 4 is 44.2 Å². The van der Waals surface area contributed by atoms with E-state index in [4.69, 9.17) is 21.3 Å². The van der Waals surface area contributed by atoms with E-state index in [0.717, 1.165) is 48.6 Å². The van der Waals surface area contributed by atoms with Crippen molar-refractivity contribution < 1.29 is 9.53 Å². The van der Waals surface area contributed by atoms with Crippen molar-refractivity contribution in [3.05, 3.63) is 40.7 Å². The Bertz CT molecular complexity index is 1040. The summed E-state index contributed by atoms with van der Waals surface area (Å²) in [5.74, 6) is -0.0859. The van der Waals surface area contributed by atoms with Gasteiger partial charge in [0.15, 0.2) is 5.13 Å². The minimum absolute atomic E-state index is 0.0859. The first-order valence-electron chi connectivity index (χ1n) is 10.2. The molecule has 1 saturated heterocycles. The summed E-state index contributed by atoms with van der Waals surface area (Å²) < 4.78 is 8.23. The van der Waals surface area contributed by atoms with Crippen molar-refractivity contribution in [2.75, 3.05) is 44.3 Å². The van der Waals surface area contributed by atoms with Gasteiger partial charge in [0.1, 0.15) is 5.69 Å². The van der Waals surface area contributed by atoms with Crippen LogP contribution < -0.4 is 4.90 Å². The summed E-state index contributed by atoms with van der Waals surface area (Å²) in [5.41, 5.74) is 2.36. The van der Waals surface area contributed by atoms with Gasteiger partial charge in [-0.3, -0.25) is 19.3 Å². The quantitative estimate of drug-likeness (QED) is 0.571. The summed E-state index contributed by atoms with van der Waals surface area (Å²) >= 11 is 7.81. The summed E-state index contributed by atoms with van der Waals surface area (Å²) in [6.07, 6.45) is 1.68. The van der Waals surface area contributed by atoms with Gasteiger partial charge in [-0.1, -0.05) is 22.9 Å². The van der Waals surface area contributed by atoms with Gasteiger partial charge in [-0.2, -0.15) is 5.10 Å². The number of morpholine rings is 1. The number of hydrogen-bond acceptors (Lipinski definition) is 6. The second-order valence-electron chi connectivity index (χ2n) is 7.68. The minimum Gasteiger partial charge on any atom is -0.379 e.